The molecule has 9 heteroatoms. The molecule has 6 nitrogen and oxygen atoms in total. The van der Waals surface area contributed by atoms with Crippen molar-refractivity contribution in [2.45, 2.75) is 6.36 Å². The minimum atomic E-state index is -4.81. The molecule has 2 aromatic carbocycles. The quantitative estimate of drug-likeness (QED) is 0.776. The van der Waals surface area contributed by atoms with Gasteiger partial charge in [-0.15, -0.1) is 13.2 Å². The van der Waals surface area contributed by atoms with E-state index in [0.29, 0.717) is 5.69 Å². The van der Waals surface area contributed by atoms with Crippen LogP contribution in [-0.2, 0) is 9.53 Å². The molecule has 1 N–H and O–H groups in total. The zero-order valence-electron chi connectivity index (χ0n) is 14.5. The predicted molar refractivity (Wildman–Crippen MR) is 92.8 cm³/mol. The molecular formula is C18H17F3N2O4. The zero-order valence-corrected chi connectivity index (χ0v) is 14.5. The highest BCUT2D eigenvalue weighted by atomic mass is 19.4. The van der Waals surface area contributed by atoms with Crippen LogP contribution in [0.2, 0.25) is 0 Å². The number of alkyl halides is 3. The number of hydrogen-bond donors (Lipinski definition) is 1. The molecule has 0 aliphatic heterocycles. The van der Waals surface area contributed by atoms with E-state index in [1.807, 2.05) is 31.1 Å². The first-order chi connectivity index (χ1) is 12.6. The minimum Gasteiger partial charge on any atom is -0.452 e. The average Bonchev–Trinajstić information content (AvgIpc) is 2.59. The molecule has 0 aliphatic rings. The van der Waals surface area contributed by atoms with Gasteiger partial charge in [-0.05, 0) is 48.5 Å². The summed E-state index contributed by atoms with van der Waals surface area (Å²) in [7, 11) is 3.77. The fourth-order valence-electron chi connectivity index (χ4n) is 2.05. The summed E-state index contributed by atoms with van der Waals surface area (Å²) in [5.74, 6) is -1.84. The maximum atomic E-state index is 12.1. The lowest BCUT2D eigenvalue weighted by Crippen LogP contribution is -2.21. The third kappa shape index (κ3) is 6.53. The number of amides is 1. The number of carbonyl (C=O) groups excluding carboxylic acids is 2. The molecule has 0 aromatic heterocycles. The van der Waals surface area contributed by atoms with Crippen LogP contribution >= 0.6 is 0 Å². The van der Waals surface area contributed by atoms with Crippen LogP contribution in [0.4, 0.5) is 24.5 Å². The number of anilines is 2. The monoisotopic (exact) mass is 382 g/mol. The molecule has 0 heterocycles. The molecular weight excluding hydrogens is 365 g/mol. The molecule has 0 bridgehead atoms. The van der Waals surface area contributed by atoms with Crippen LogP contribution in [0, 0.1) is 0 Å². The largest absolute Gasteiger partial charge is 0.573 e. The Bertz CT molecular complexity index is 788. The Morgan fingerprint density at radius 2 is 1.59 bits per heavy atom. The Morgan fingerprint density at radius 3 is 2.11 bits per heavy atom. The van der Waals surface area contributed by atoms with Crippen LogP contribution in [-0.4, -0.2) is 38.9 Å². The van der Waals surface area contributed by atoms with Crippen molar-refractivity contribution < 1.29 is 32.2 Å². The van der Waals surface area contributed by atoms with Crippen molar-refractivity contribution in [1.82, 2.24) is 0 Å². The van der Waals surface area contributed by atoms with Gasteiger partial charge in [-0.3, -0.25) is 4.79 Å². The van der Waals surface area contributed by atoms with Gasteiger partial charge in [0.25, 0.3) is 5.91 Å². The Labute approximate surface area is 153 Å². The van der Waals surface area contributed by atoms with Crippen LogP contribution in [0.5, 0.6) is 5.75 Å². The normalized spacial score (nSPS) is 10.9. The maximum Gasteiger partial charge on any atom is 0.573 e. The van der Waals surface area contributed by atoms with Crippen LogP contribution < -0.4 is 15.0 Å². The molecule has 27 heavy (non-hydrogen) atoms. The highest BCUT2D eigenvalue weighted by Crippen LogP contribution is 2.23. The van der Waals surface area contributed by atoms with Crippen molar-refractivity contribution in [3.63, 3.8) is 0 Å². The van der Waals surface area contributed by atoms with Gasteiger partial charge in [0.15, 0.2) is 6.61 Å². The Kier molecular flexibility index (Phi) is 6.27. The molecule has 0 atom stereocenters. The standard InChI is InChI=1S/C18H17F3N2O4/c1-23(2)14-7-5-13(6-8-14)22-16(24)11-26-17(25)12-3-9-15(10-4-12)27-18(19,20)21/h3-10H,11H2,1-2H3,(H,22,24). The van der Waals surface area contributed by atoms with Crippen LogP contribution in [0.1, 0.15) is 10.4 Å². The third-order valence-corrected chi connectivity index (χ3v) is 3.33. The summed E-state index contributed by atoms with van der Waals surface area (Å²) < 4.78 is 44.8. The first-order valence-corrected chi connectivity index (χ1v) is 7.74. The SMILES string of the molecule is CN(C)c1ccc(NC(=O)COC(=O)c2ccc(OC(F)(F)F)cc2)cc1. The summed E-state index contributed by atoms with van der Waals surface area (Å²) in [5, 5.41) is 2.57. The fraction of sp³-hybridized carbons (Fsp3) is 0.222. The van der Waals surface area contributed by atoms with Crippen molar-refractivity contribution in [2.24, 2.45) is 0 Å². The average molecular weight is 382 g/mol. The molecule has 2 aromatic rings. The van der Waals surface area contributed by atoms with Crippen molar-refractivity contribution in [3.8, 4) is 5.75 Å². The lowest BCUT2D eigenvalue weighted by molar-refractivity contribution is -0.274. The van der Waals surface area contributed by atoms with Gasteiger partial charge in [-0.2, -0.15) is 0 Å². The molecule has 0 spiro atoms. The first kappa shape index (κ1) is 20.1. The number of hydrogen-bond acceptors (Lipinski definition) is 5. The molecule has 144 valence electrons. The number of nitrogens with zero attached hydrogens (tertiary/aromatic N) is 1. The van der Waals surface area contributed by atoms with Gasteiger partial charge in [0, 0.05) is 25.5 Å². The number of nitrogens with one attached hydrogen (secondary N) is 1. The van der Waals surface area contributed by atoms with Gasteiger partial charge < -0.3 is 19.7 Å². The molecule has 1 amide bonds. The summed E-state index contributed by atoms with van der Waals surface area (Å²) in [5.41, 5.74) is 1.49. The number of esters is 1. The van der Waals surface area contributed by atoms with E-state index in [9.17, 15) is 22.8 Å². The van der Waals surface area contributed by atoms with Gasteiger partial charge in [0.2, 0.25) is 0 Å². The second-order valence-electron chi connectivity index (χ2n) is 5.64. The number of benzene rings is 2. The Morgan fingerprint density at radius 1 is 1.00 bits per heavy atom. The highest BCUT2D eigenvalue weighted by molar-refractivity contribution is 5.95. The lowest BCUT2D eigenvalue weighted by atomic mass is 10.2. The van der Waals surface area contributed by atoms with E-state index in [1.165, 1.54) is 0 Å². The lowest BCUT2D eigenvalue weighted by Gasteiger charge is -2.13. The van der Waals surface area contributed by atoms with Gasteiger partial charge in [-0.25, -0.2) is 4.79 Å². The van der Waals surface area contributed by atoms with E-state index >= 15 is 0 Å². The second kappa shape index (κ2) is 8.43. The van der Waals surface area contributed by atoms with E-state index in [0.717, 1.165) is 30.0 Å². The molecule has 0 fully saturated rings. The van der Waals surface area contributed by atoms with Gasteiger partial charge >= 0.3 is 12.3 Å². The van der Waals surface area contributed by atoms with Gasteiger partial charge in [0.05, 0.1) is 5.56 Å². The predicted octanol–water partition coefficient (Wildman–Crippen LogP) is 3.45. The van der Waals surface area contributed by atoms with E-state index in [2.05, 4.69) is 10.1 Å². The molecule has 0 saturated carbocycles. The van der Waals surface area contributed by atoms with Crippen molar-refractivity contribution in [2.75, 3.05) is 30.9 Å². The summed E-state index contributed by atoms with van der Waals surface area (Å²) in [6.07, 6.45) is -4.81. The molecule has 2 rings (SSSR count). The molecule has 0 radical (unpaired) electrons. The zero-order chi connectivity index (χ0) is 20.0. The van der Waals surface area contributed by atoms with Crippen molar-refractivity contribution in [3.05, 3.63) is 54.1 Å². The minimum absolute atomic E-state index is 0.00680. The van der Waals surface area contributed by atoms with Crippen molar-refractivity contribution in [1.29, 1.82) is 0 Å². The second-order valence-corrected chi connectivity index (χ2v) is 5.64. The topological polar surface area (TPSA) is 67.9 Å². The number of halogens is 3. The summed E-state index contributed by atoms with van der Waals surface area (Å²) in [6, 6.07) is 11.2. The first-order valence-electron chi connectivity index (χ1n) is 7.74. The van der Waals surface area contributed by atoms with Crippen LogP contribution in [0.15, 0.2) is 48.5 Å². The molecule has 0 aliphatic carbocycles. The summed E-state index contributed by atoms with van der Waals surface area (Å²) in [6.45, 7) is -0.533. The van der Waals surface area contributed by atoms with E-state index < -0.39 is 30.6 Å². The van der Waals surface area contributed by atoms with Crippen molar-refractivity contribution >= 4 is 23.3 Å². The van der Waals surface area contributed by atoms with Gasteiger partial charge in [-0.1, -0.05) is 0 Å². The Balaban J connectivity index is 1.84. The number of ether oxygens (including phenoxy) is 2. The van der Waals surface area contributed by atoms with Gasteiger partial charge in [0.1, 0.15) is 5.75 Å². The smallest absolute Gasteiger partial charge is 0.452 e. The highest BCUT2D eigenvalue weighted by Gasteiger charge is 2.31. The summed E-state index contributed by atoms with van der Waals surface area (Å²) in [4.78, 5) is 25.6. The molecule has 0 unspecified atom stereocenters. The van der Waals surface area contributed by atoms with Crippen LogP contribution in [0.25, 0.3) is 0 Å². The number of carbonyl (C=O) groups is 2. The van der Waals surface area contributed by atoms with E-state index in [1.54, 1.807) is 12.1 Å². The third-order valence-electron chi connectivity index (χ3n) is 3.33. The maximum absolute atomic E-state index is 12.1. The summed E-state index contributed by atoms with van der Waals surface area (Å²) >= 11 is 0. The Hall–Kier alpha value is -3.23. The molecule has 0 saturated heterocycles. The fourth-order valence-corrected chi connectivity index (χ4v) is 2.05. The van der Waals surface area contributed by atoms with E-state index in [-0.39, 0.29) is 5.56 Å². The van der Waals surface area contributed by atoms with Crippen LogP contribution in [0.3, 0.4) is 0 Å². The number of rotatable bonds is 6. The van der Waals surface area contributed by atoms with E-state index in [4.69, 9.17) is 4.74 Å².